The number of carbonyl (C=O) groups is 3. The fourth-order valence-corrected chi connectivity index (χ4v) is 2.85. The van der Waals surface area contributed by atoms with Crippen molar-refractivity contribution in [1.82, 2.24) is 5.32 Å². The Balaban J connectivity index is 1.63. The summed E-state index contributed by atoms with van der Waals surface area (Å²) < 4.78 is 26.4. The molecule has 2 atom stereocenters. The first-order valence-electron chi connectivity index (χ1n) is 7.80. The van der Waals surface area contributed by atoms with Gasteiger partial charge in [0.2, 0.25) is 11.8 Å². The van der Waals surface area contributed by atoms with E-state index in [1.807, 2.05) is 0 Å². The van der Waals surface area contributed by atoms with E-state index in [2.05, 4.69) is 10.6 Å². The van der Waals surface area contributed by atoms with Crippen LogP contribution in [0.3, 0.4) is 0 Å². The van der Waals surface area contributed by atoms with Gasteiger partial charge in [-0.2, -0.15) is 0 Å². The summed E-state index contributed by atoms with van der Waals surface area (Å²) >= 11 is 0. The highest BCUT2D eigenvalue weighted by Crippen LogP contribution is 2.47. The number of amides is 2. The molecule has 132 valence electrons. The molecule has 3 rings (SSSR count). The SMILES string of the molecule is O=C(O)[C@@H]1C=C[C@H](NC(=O)C2(C(=O)Nc3cc(F)cc(F)c3)CC2)C1. The fraction of sp³-hybridized carbons (Fsp3) is 0.353. The van der Waals surface area contributed by atoms with Crippen molar-refractivity contribution in [2.24, 2.45) is 11.3 Å². The van der Waals surface area contributed by atoms with Crippen LogP contribution in [0.4, 0.5) is 14.5 Å². The van der Waals surface area contributed by atoms with E-state index in [0.29, 0.717) is 18.9 Å². The molecule has 1 fully saturated rings. The zero-order valence-corrected chi connectivity index (χ0v) is 13.1. The number of carboxylic acids is 1. The number of hydrogen-bond acceptors (Lipinski definition) is 3. The molecule has 0 aromatic heterocycles. The number of aliphatic carboxylic acids is 1. The van der Waals surface area contributed by atoms with Gasteiger partial charge in [-0.05, 0) is 31.4 Å². The average Bonchev–Trinajstić information content (AvgIpc) is 3.20. The van der Waals surface area contributed by atoms with Crippen LogP contribution >= 0.6 is 0 Å². The van der Waals surface area contributed by atoms with Gasteiger partial charge in [0.1, 0.15) is 17.0 Å². The molecule has 0 heterocycles. The van der Waals surface area contributed by atoms with E-state index in [-0.39, 0.29) is 12.1 Å². The van der Waals surface area contributed by atoms with Gasteiger partial charge >= 0.3 is 5.97 Å². The summed E-state index contributed by atoms with van der Waals surface area (Å²) in [6, 6.07) is 2.16. The average molecular weight is 350 g/mol. The molecule has 3 N–H and O–H groups in total. The lowest BCUT2D eigenvalue weighted by Gasteiger charge is -2.18. The van der Waals surface area contributed by atoms with Gasteiger partial charge in [-0.25, -0.2) is 8.78 Å². The zero-order valence-electron chi connectivity index (χ0n) is 13.1. The van der Waals surface area contributed by atoms with E-state index in [9.17, 15) is 23.2 Å². The number of nitrogens with one attached hydrogen (secondary N) is 2. The van der Waals surface area contributed by atoms with Gasteiger partial charge in [0, 0.05) is 17.8 Å². The lowest BCUT2D eigenvalue weighted by Crippen LogP contribution is -2.43. The quantitative estimate of drug-likeness (QED) is 0.558. The number of halogens is 2. The minimum Gasteiger partial charge on any atom is -0.481 e. The van der Waals surface area contributed by atoms with E-state index in [1.54, 1.807) is 6.08 Å². The first kappa shape index (κ1) is 17.1. The van der Waals surface area contributed by atoms with E-state index in [0.717, 1.165) is 12.1 Å². The standard InChI is InChI=1S/C17H16F2N2O4/c18-10-6-11(19)8-13(7-10)21-16(25)17(3-4-17)15(24)20-12-2-1-9(5-12)14(22)23/h1-2,6-9,12H,3-5H2,(H,20,24)(H,21,25)(H,22,23)/t9-,12+/m1/s1. The molecule has 2 aliphatic carbocycles. The molecule has 0 aliphatic heterocycles. The van der Waals surface area contributed by atoms with Crippen LogP contribution in [0.25, 0.3) is 0 Å². The highest BCUT2D eigenvalue weighted by molar-refractivity contribution is 6.13. The molecule has 6 nitrogen and oxygen atoms in total. The maximum absolute atomic E-state index is 13.2. The Labute approximate surface area is 141 Å². The molecule has 0 saturated heterocycles. The lowest BCUT2D eigenvalue weighted by atomic mass is 10.0. The van der Waals surface area contributed by atoms with Crippen LogP contribution in [-0.2, 0) is 14.4 Å². The normalized spacial score (nSPS) is 23.1. The second-order valence-electron chi connectivity index (χ2n) is 6.34. The third-order valence-electron chi connectivity index (χ3n) is 4.46. The van der Waals surface area contributed by atoms with Gasteiger partial charge in [0.25, 0.3) is 0 Å². The van der Waals surface area contributed by atoms with Crippen LogP contribution in [0.1, 0.15) is 19.3 Å². The van der Waals surface area contributed by atoms with Gasteiger partial charge in [0.15, 0.2) is 0 Å². The van der Waals surface area contributed by atoms with Crippen molar-refractivity contribution in [3.8, 4) is 0 Å². The van der Waals surface area contributed by atoms with Crippen molar-refractivity contribution in [2.45, 2.75) is 25.3 Å². The van der Waals surface area contributed by atoms with Gasteiger partial charge in [-0.15, -0.1) is 0 Å². The van der Waals surface area contributed by atoms with E-state index in [4.69, 9.17) is 5.11 Å². The largest absolute Gasteiger partial charge is 0.481 e. The Morgan fingerprint density at radius 2 is 1.68 bits per heavy atom. The molecule has 1 saturated carbocycles. The van der Waals surface area contributed by atoms with Crippen molar-refractivity contribution >= 4 is 23.5 Å². The minimum atomic E-state index is -1.28. The van der Waals surface area contributed by atoms with Gasteiger partial charge in [-0.3, -0.25) is 14.4 Å². The van der Waals surface area contributed by atoms with Gasteiger partial charge < -0.3 is 15.7 Å². The lowest BCUT2D eigenvalue weighted by molar-refractivity contribution is -0.141. The maximum atomic E-state index is 13.2. The van der Waals surface area contributed by atoms with Crippen LogP contribution in [0.5, 0.6) is 0 Å². The molecule has 1 aromatic rings. The van der Waals surface area contributed by atoms with Crippen molar-refractivity contribution < 1.29 is 28.3 Å². The summed E-state index contributed by atoms with van der Waals surface area (Å²) in [7, 11) is 0. The van der Waals surface area contributed by atoms with Crippen molar-refractivity contribution in [3.63, 3.8) is 0 Å². The predicted octanol–water partition coefficient (Wildman–Crippen LogP) is 1.83. The fourth-order valence-electron chi connectivity index (χ4n) is 2.85. The van der Waals surface area contributed by atoms with E-state index >= 15 is 0 Å². The topological polar surface area (TPSA) is 95.5 Å². The molecular weight excluding hydrogens is 334 g/mol. The zero-order chi connectivity index (χ0) is 18.2. The Kier molecular flexibility index (Phi) is 4.28. The van der Waals surface area contributed by atoms with Gasteiger partial charge in [-0.1, -0.05) is 12.2 Å². The number of carboxylic acid groups (broad SMARTS) is 1. The molecule has 0 spiro atoms. The summed E-state index contributed by atoms with van der Waals surface area (Å²) in [6.07, 6.45) is 3.96. The molecule has 2 aliphatic rings. The molecule has 0 radical (unpaired) electrons. The maximum Gasteiger partial charge on any atom is 0.310 e. The summed E-state index contributed by atoms with van der Waals surface area (Å²) in [5.41, 5.74) is -1.34. The third kappa shape index (κ3) is 3.52. The number of carbonyl (C=O) groups excluding carboxylic acids is 2. The van der Waals surface area contributed by atoms with Crippen molar-refractivity contribution in [3.05, 3.63) is 42.0 Å². The molecule has 8 heteroatoms. The summed E-state index contributed by atoms with van der Waals surface area (Å²) in [6.45, 7) is 0. The Bertz CT molecular complexity index is 754. The molecule has 1 aromatic carbocycles. The van der Waals surface area contributed by atoms with E-state index < -0.39 is 46.8 Å². The summed E-state index contributed by atoms with van der Waals surface area (Å²) in [5, 5.41) is 14.0. The van der Waals surface area contributed by atoms with Crippen LogP contribution in [-0.4, -0.2) is 28.9 Å². The number of benzene rings is 1. The van der Waals surface area contributed by atoms with E-state index in [1.165, 1.54) is 6.08 Å². The smallest absolute Gasteiger partial charge is 0.310 e. The Hall–Kier alpha value is -2.77. The Morgan fingerprint density at radius 1 is 1.04 bits per heavy atom. The number of anilines is 1. The van der Waals surface area contributed by atoms with Crippen molar-refractivity contribution in [2.75, 3.05) is 5.32 Å². The monoisotopic (exact) mass is 350 g/mol. The second-order valence-corrected chi connectivity index (χ2v) is 6.34. The third-order valence-corrected chi connectivity index (χ3v) is 4.46. The molecule has 0 unspecified atom stereocenters. The molecule has 0 bridgehead atoms. The minimum absolute atomic E-state index is 0.0618. The van der Waals surface area contributed by atoms with Crippen LogP contribution in [0.15, 0.2) is 30.4 Å². The van der Waals surface area contributed by atoms with Crippen LogP contribution in [0, 0.1) is 23.0 Å². The molecular formula is C17H16F2N2O4. The van der Waals surface area contributed by atoms with Crippen LogP contribution < -0.4 is 10.6 Å². The van der Waals surface area contributed by atoms with Gasteiger partial charge in [0.05, 0.1) is 5.92 Å². The summed E-state index contributed by atoms with van der Waals surface area (Å²) in [4.78, 5) is 35.7. The van der Waals surface area contributed by atoms with Crippen LogP contribution in [0.2, 0.25) is 0 Å². The molecule has 2 amide bonds. The number of rotatable bonds is 5. The summed E-state index contributed by atoms with van der Waals surface area (Å²) in [5.74, 6) is -4.44. The van der Waals surface area contributed by atoms with Crippen molar-refractivity contribution in [1.29, 1.82) is 0 Å². The Morgan fingerprint density at radius 3 is 2.20 bits per heavy atom. The predicted molar refractivity (Wildman–Crippen MR) is 83.5 cm³/mol. The molecule has 25 heavy (non-hydrogen) atoms. The second kappa shape index (κ2) is 6.27. The highest BCUT2D eigenvalue weighted by Gasteiger charge is 2.57. The number of hydrogen-bond donors (Lipinski definition) is 3. The first-order valence-corrected chi connectivity index (χ1v) is 7.80. The first-order chi connectivity index (χ1) is 11.8. The highest BCUT2D eigenvalue weighted by atomic mass is 19.1.